The van der Waals surface area contributed by atoms with E-state index in [1.54, 1.807) is 0 Å². The predicted molar refractivity (Wildman–Crippen MR) is 59.4 cm³/mol. The second-order valence-corrected chi connectivity index (χ2v) is 4.20. The van der Waals surface area contributed by atoms with Crippen LogP contribution in [0.4, 0.5) is 0 Å². The van der Waals surface area contributed by atoms with Gasteiger partial charge in [-0.2, -0.15) is 0 Å². The number of thiophene rings is 1. The van der Waals surface area contributed by atoms with Gasteiger partial charge in [-0.1, -0.05) is 32.4 Å². The van der Waals surface area contributed by atoms with Crippen molar-refractivity contribution >= 4 is 22.9 Å². The third-order valence-corrected chi connectivity index (χ3v) is 3.02. The lowest BCUT2D eigenvalue weighted by Crippen LogP contribution is -2.00. The van der Waals surface area contributed by atoms with Gasteiger partial charge in [-0.3, -0.25) is 0 Å². The van der Waals surface area contributed by atoms with Gasteiger partial charge in [0.15, 0.2) is 0 Å². The van der Waals surface area contributed by atoms with Crippen molar-refractivity contribution in [2.45, 2.75) is 20.3 Å². The summed E-state index contributed by atoms with van der Waals surface area (Å²) in [6.07, 6.45) is 2.79. The average Bonchev–Trinajstić information content (AvgIpc) is 2.65. The number of aliphatic carboxylic acids is 1. The Bertz CT molecular complexity index is 325. The first-order valence-electron chi connectivity index (χ1n) is 4.64. The average molecular weight is 210 g/mol. The molecule has 0 aliphatic rings. The highest BCUT2D eigenvalue weighted by molar-refractivity contribution is 7.11. The summed E-state index contributed by atoms with van der Waals surface area (Å²) in [5.74, 6) is -0.532. The van der Waals surface area contributed by atoms with E-state index in [0.29, 0.717) is 11.5 Å². The molecule has 1 heterocycles. The second-order valence-electron chi connectivity index (χ2n) is 3.25. The van der Waals surface area contributed by atoms with Crippen molar-refractivity contribution < 1.29 is 9.90 Å². The lowest BCUT2D eigenvalue weighted by Gasteiger charge is -2.04. The normalized spacial score (nSPS) is 14.0. The highest BCUT2D eigenvalue weighted by Crippen LogP contribution is 2.22. The van der Waals surface area contributed by atoms with E-state index < -0.39 is 5.97 Å². The van der Waals surface area contributed by atoms with Gasteiger partial charge in [0.05, 0.1) is 5.57 Å². The van der Waals surface area contributed by atoms with Crippen LogP contribution in [0.5, 0.6) is 0 Å². The van der Waals surface area contributed by atoms with E-state index in [1.807, 2.05) is 30.5 Å². The zero-order valence-electron chi connectivity index (χ0n) is 8.36. The van der Waals surface area contributed by atoms with Crippen LogP contribution in [0, 0.1) is 5.92 Å². The highest BCUT2D eigenvalue weighted by atomic mass is 32.1. The molecular weight excluding hydrogens is 196 g/mol. The summed E-state index contributed by atoms with van der Waals surface area (Å²) >= 11 is 1.46. The van der Waals surface area contributed by atoms with Gasteiger partial charge in [0.25, 0.3) is 0 Å². The Labute approximate surface area is 87.9 Å². The van der Waals surface area contributed by atoms with Gasteiger partial charge in [0.1, 0.15) is 0 Å². The van der Waals surface area contributed by atoms with Crippen LogP contribution in [0.15, 0.2) is 23.6 Å². The first kappa shape index (κ1) is 11.0. The maximum absolute atomic E-state index is 11.0. The number of rotatable bonds is 4. The number of carboxylic acids is 1. The minimum absolute atomic E-state index is 0.309. The zero-order chi connectivity index (χ0) is 10.6. The van der Waals surface area contributed by atoms with Gasteiger partial charge in [-0.25, -0.2) is 4.79 Å². The maximum Gasteiger partial charge on any atom is 0.336 e. The SMILES string of the molecule is CCC(C)C=C(C(=O)O)c1cccs1. The largest absolute Gasteiger partial charge is 0.478 e. The molecule has 0 saturated heterocycles. The van der Waals surface area contributed by atoms with E-state index in [9.17, 15) is 4.79 Å². The number of allylic oxidation sites excluding steroid dienone is 1. The number of hydrogen-bond acceptors (Lipinski definition) is 2. The third kappa shape index (κ3) is 2.70. The van der Waals surface area contributed by atoms with Crippen molar-refractivity contribution in [3.63, 3.8) is 0 Å². The summed E-state index contributed by atoms with van der Waals surface area (Å²) in [6, 6.07) is 3.71. The highest BCUT2D eigenvalue weighted by Gasteiger charge is 2.11. The molecule has 1 atom stereocenters. The fourth-order valence-corrected chi connectivity index (χ4v) is 1.84. The van der Waals surface area contributed by atoms with Crippen molar-refractivity contribution in [1.82, 2.24) is 0 Å². The van der Waals surface area contributed by atoms with Crippen LogP contribution in [0.1, 0.15) is 25.1 Å². The first-order chi connectivity index (χ1) is 6.65. The molecule has 1 unspecified atom stereocenters. The summed E-state index contributed by atoms with van der Waals surface area (Å²) < 4.78 is 0. The zero-order valence-corrected chi connectivity index (χ0v) is 9.17. The Kier molecular flexibility index (Phi) is 3.89. The smallest absolute Gasteiger partial charge is 0.336 e. The molecule has 1 aromatic heterocycles. The van der Waals surface area contributed by atoms with E-state index in [1.165, 1.54) is 11.3 Å². The van der Waals surface area contributed by atoms with Crippen LogP contribution in [-0.2, 0) is 4.79 Å². The van der Waals surface area contributed by atoms with E-state index in [0.717, 1.165) is 11.3 Å². The Morgan fingerprint density at radius 3 is 2.86 bits per heavy atom. The summed E-state index contributed by atoms with van der Waals surface area (Å²) in [7, 11) is 0. The molecule has 1 rings (SSSR count). The maximum atomic E-state index is 11.0. The summed E-state index contributed by atoms with van der Waals surface area (Å²) in [5.41, 5.74) is 0.425. The van der Waals surface area contributed by atoms with Crippen LogP contribution in [0.2, 0.25) is 0 Å². The molecule has 0 spiro atoms. The molecule has 1 aromatic rings. The van der Waals surface area contributed by atoms with E-state index in [2.05, 4.69) is 6.92 Å². The molecule has 3 heteroatoms. The van der Waals surface area contributed by atoms with Gasteiger partial charge in [-0.15, -0.1) is 11.3 Å². The Balaban J connectivity index is 2.97. The molecule has 0 bridgehead atoms. The number of hydrogen-bond donors (Lipinski definition) is 1. The summed E-state index contributed by atoms with van der Waals surface area (Å²) in [6.45, 7) is 4.08. The monoisotopic (exact) mass is 210 g/mol. The molecule has 0 aromatic carbocycles. The minimum atomic E-state index is -0.840. The van der Waals surface area contributed by atoms with Crippen LogP contribution in [-0.4, -0.2) is 11.1 Å². The lowest BCUT2D eigenvalue weighted by atomic mass is 10.0. The molecule has 2 nitrogen and oxygen atoms in total. The van der Waals surface area contributed by atoms with E-state index in [4.69, 9.17) is 5.11 Å². The molecule has 0 fully saturated rings. The van der Waals surface area contributed by atoms with Crippen LogP contribution < -0.4 is 0 Å². The number of carbonyl (C=O) groups is 1. The standard InChI is InChI=1S/C11H14O2S/c1-3-8(2)7-9(11(12)13)10-5-4-6-14-10/h4-8H,3H2,1-2H3,(H,12,13). The van der Waals surface area contributed by atoms with Crippen LogP contribution in [0.3, 0.4) is 0 Å². The van der Waals surface area contributed by atoms with Gasteiger partial charge in [0, 0.05) is 4.88 Å². The van der Waals surface area contributed by atoms with Crippen LogP contribution in [0.25, 0.3) is 5.57 Å². The van der Waals surface area contributed by atoms with Gasteiger partial charge < -0.3 is 5.11 Å². The number of carboxylic acid groups (broad SMARTS) is 1. The molecular formula is C11H14O2S. The molecule has 0 aliphatic heterocycles. The molecule has 0 amide bonds. The molecule has 1 N–H and O–H groups in total. The molecule has 0 saturated carbocycles. The van der Waals surface area contributed by atoms with Crippen LogP contribution >= 0.6 is 11.3 Å². The lowest BCUT2D eigenvalue weighted by molar-refractivity contribution is -0.130. The van der Waals surface area contributed by atoms with E-state index >= 15 is 0 Å². The summed E-state index contributed by atoms with van der Waals surface area (Å²) in [5, 5.41) is 10.9. The van der Waals surface area contributed by atoms with Crippen molar-refractivity contribution in [2.24, 2.45) is 5.92 Å². The Morgan fingerprint density at radius 1 is 1.71 bits per heavy atom. The van der Waals surface area contributed by atoms with Crippen molar-refractivity contribution in [1.29, 1.82) is 0 Å². The minimum Gasteiger partial charge on any atom is -0.478 e. The molecule has 14 heavy (non-hydrogen) atoms. The van der Waals surface area contributed by atoms with E-state index in [-0.39, 0.29) is 0 Å². The second kappa shape index (κ2) is 4.96. The molecule has 0 radical (unpaired) electrons. The first-order valence-corrected chi connectivity index (χ1v) is 5.52. The fourth-order valence-electron chi connectivity index (χ4n) is 1.09. The van der Waals surface area contributed by atoms with Gasteiger partial charge in [0.2, 0.25) is 0 Å². The van der Waals surface area contributed by atoms with Crippen molar-refractivity contribution in [3.8, 4) is 0 Å². The summed E-state index contributed by atoms with van der Waals surface area (Å²) in [4.78, 5) is 11.8. The Morgan fingerprint density at radius 2 is 2.43 bits per heavy atom. The molecule has 76 valence electrons. The quantitative estimate of drug-likeness (QED) is 0.774. The fraction of sp³-hybridized carbons (Fsp3) is 0.364. The Hall–Kier alpha value is -1.09. The van der Waals surface area contributed by atoms with Gasteiger partial charge >= 0.3 is 5.97 Å². The van der Waals surface area contributed by atoms with Gasteiger partial charge in [-0.05, 0) is 17.4 Å². The topological polar surface area (TPSA) is 37.3 Å². The van der Waals surface area contributed by atoms with Crippen molar-refractivity contribution in [3.05, 3.63) is 28.5 Å². The third-order valence-electron chi connectivity index (χ3n) is 2.11. The van der Waals surface area contributed by atoms with Crippen molar-refractivity contribution in [2.75, 3.05) is 0 Å². The predicted octanol–water partition coefficient (Wildman–Crippen LogP) is 3.26. The molecule has 0 aliphatic carbocycles.